The summed E-state index contributed by atoms with van der Waals surface area (Å²) < 4.78 is 28.4. The van der Waals surface area contributed by atoms with E-state index in [9.17, 15) is 18.4 Å². The summed E-state index contributed by atoms with van der Waals surface area (Å²) in [6, 6.07) is 3.07. The number of fused-ring (bicyclic) bond motifs is 1. The largest absolute Gasteiger partial charge is 0.480 e. The molecule has 0 saturated carbocycles. The van der Waals surface area contributed by atoms with Gasteiger partial charge >= 0.3 is 5.97 Å². The van der Waals surface area contributed by atoms with Gasteiger partial charge in [-0.3, -0.25) is 4.79 Å². The Kier molecular flexibility index (Phi) is 4.52. The van der Waals surface area contributed by atoms with Crippen molar-refractivity contribution in [1.82, 2.24) is 15.1 Å². The second kappa shape index (κ2) is 6.62. The first-order valence-electron chi connectivity index (χ1n) is 7.89. The number of carbonyl (C=O) groups excluding carboxylic acids is 1. The van der Waals surface area contributed by atoms with Gasteiger partial charge in [-0.1, -0.05) is 6.07 Å². The first-order chi connectivity index (χ1) is 11.9. The second-order valence-electron chi connectivity index (χ2n) is 6.01. The molecule has 1 aromatic carbocycles. The fourth-order valence-corrected chi connectivity index (χ4v) is 3.00. The lowest BCUT2D eigenvalue weighted by Gasteiger charge is -2.10. The van der Waals surface area contributed by atoms with Crippen molar-refractivity contribution in [3.05, 3.63) is 46.5 Å². The van der Waals surface area contributed by atoms with Crippen molar-refractivity contribution in [1.29, 1.82) is 0 Å². The van der Waals surface area contributed by atoms with Crippen LogP contribution in [0.4, 0.5) is 8.78 Å². The Morgan fingerprint density at radius 1 is 1.40 bits per heavy atom. The van der Waals surface area contributed by atoms with E-state index in [4.69, 9.17) is 5.11 Å². The van der Waals surface area contributed by atoms with Crippen LogP contribution in [0.2, 0.25) is 0 Å². The minimum Gasteiger partial charge on any atom is -0.480 e. The van der Waals surface area contributed by atoms with Crippen LogP contribution in [-0.4, -0.2) is 39.5 Å². The summed E-state index contributed by atoms with van der Waals surface area (Å²) in [5.41, 5.74) is 2.38. The van der Waals surface area contributed by atoms with Gasteiger partial charge < -0.3 is 10.4 Å². The molecule has 1 unspecified atom stereocenters. The standard InChI is InChI=1S/C17H17F2N3O3/c1-9-5-6-14(11(19)7-9)22-13-4-2-3-10(13)15(21-22)16(23)20-12(8-18)17(24)25/h5-7,12H,2-4,8H2,1H3,(H,20,23)(H,24,25). The number of hydrogen-bond acceptors (Lipinski definition) is 3. The van der Waals surface area contributed by atoms with Gasteiger partial charge in [0, 0.05) is 11.3 Å². The number of carbonyl (C=O) groups is 2. The Labute approximate surface area is 142 Å². The van der Waals surface area contributed by atoms with Crippen molar-refractivity contribution in [3.8, 4) is 5.69 Å². The molecule has 3 rings (SSSR count). The molecule has 0 bridgehead atoms. The van der Waals surface area contributed by atoms with Gasteiger partial charge in [-0.25, -0.2) is 18.3 Å². The van der Waals surface area contributed by atoms with E-state index >= 15 is 0 Å². The molecule has 1 atom stereocenters. The molecule has 1 amide bonds. The minimum atomic E-state index is -1.63. The monoisotopic (exact) mass is 349 g/mol. The van der Waals surface area contributed by atoms with Crippen LogP contribution in [0.25, 0.3) is 5.69 Å². The zero-order valence-corrected chi connectivity index (χ0v) is 13.6. The molecular formula is C17H17F2N3O3. The third-order valence-electron chi connectivity index (χ3n) is 4.23. The van der Waals surface area contributed by atoms with Gasteiger partial charge in [0.15, 0.2) is 11.7 Å². The van der Waals surface area contributed by atoms with E-state index in [0.717, 1.165) is 17.7 Å². The van der Waals surface area contributed by atoms with Crippen molar-refractivity contribution in [2.75, 3.05) is 6.67 Å². The summed E-state index contributed by atoms with van der Waals surface area (Å²) in [5.74, 6) is -2.69. The van der Waals surface area contributed by atoms with Crippen LogP contribution in [-0.2, 0) is 17.6 Å². The number of hydrogen-bond donors (Lipinski definition) is 2. The number of carboxylic acids is 1. The third kappa shape index (κ3) is 3.11. The van der Waals surface area contributed by atoms with Gasteiger partial charge in [-0.05, 0) is 43.9 Å². The van der Waals surface area contributed by atoms with E-state index in [2.05, 4.69) is 10.4 Å². The van der Waals surface area contributed by atoms with Crippen LogP contribution >= 0.6 is 0 Å². The summed E-state index contributed by atoms with van der Waals surface area (Å²) in [5, 5.41) is 15.2. The molecule has 1 aromatic heterocycles. The molecule has 0 radical (unpaired) electrons. The molecule has 0 aliphatic heterocycles. The SMILES string of the molecule is Cc1ccc(-n2nc(C(=O)NC(CF)C(=O)O)c3c2CCC3)c(F)c1. The molecule has 8 heteroatoms. The first-order valence-corrected chi connectivity index (χ1v) is 7.89. The molecule has 6 nitrogen and oxygen atoms in total. The average molecular weight is 349 g/mol. The quantitative estimate of drug-likeness (QED) is 0.864. The normalized spacial score (nSPS) is 14.2. The van der Waals surface area contributed by atoms with Gasteiger partial charge in [-0.15, -0.1) is 0 Å². The molecule has 1 aliphatic carbocycles. The summed E-state index contributed by atoms with van der Waals surface area (Å²) >= 11 is 0. The number of carboxylic acid groups (broad SMARTS) is 1. The van der Waals surface area contributed by atoms with Crippen LogP contribution in [0.1, 0.15) is 33.7 Å². The lowest BCUT2D eigenvalue weighted by Crippen LogP contribution is -2.42. The van der Waals surface area contributed by atoms with Crippen molar-refractivity contribution in [2.24, 2.45) is 0 Å². The Balaban J connectivity index is 2.00. The van der Waals surface area contributed by atoms with Crippen LogP contribution in [0, 0.1) is 12.7 Å². The van der Waals surface area contributed by atoms with E-state index in [1.807, 2.05) is 0 Å². The Hall–Kier alpha value is -2.77. The number of nitrogens with zero attached hydrogens (tertiary/aromatic N) is 2. The lowest BCUT2D eigenvalue weighted by molar-refractivity contribution is -0.139. The number of alkyl halides is 1. The predicted molar refractivity (Wildman–Crippen MR) is 85.1 cm³/mol. The maximum atomic E-state index is 14.3. The number of nitrogens with one attached hydrogen (secondary N) is 1. The van der Waals surface area contributed by atoms with Gasteiger partial charge in [0.05, 0.1) is 0 Å². The summed E-state index contributed by atoms with van der Waals surface area (Å²) in [6.45, 7) is 0.540. The van der Waals surface area contributed by atoms with E-state index in [1.165, 1.54) is 10.7 Å². The smallest absolute Gasteiger partial charge is 0.328 e. The topological polar surface area (TPSA) is 84.2 Å². The first kappa shape index (κ1) is 17.1. The highest BCUT2D eigenvalue weighted by atomic mass is 19.1. The zero-order valence-electron chi connectivity index (χ0n) is 13.6. The van der Waals surface area contributed by atoms with Crippen LogP contribution in [0.3, 0.4) is 0 Å². The van der Waals surface area contributed by atoms with Crippen LogP contribution < -0.4 is 5.32 Å². The molecule has 1 aliphatic rings. The molecule has 0 spiro atoms. The fourth-order valence-electron chi connectivity index (χ4n) is 3.00. The minimum absolute atomic E-state index is 0.0205. The van der Waals surface area contributed by atoms with Crippen LogP contribution in [0.5, 0.6) is 0 Å². The molecule has 2 aromatic rings. The molecule has 2 N–H and O–H groups in total. The lowest BCUT2D eigenvalue weighted by atomic mass is 10.1. The maximum absolute atomic E-state index is 14.3. The Morgan fingerprint density at radius 2 is 2.16 bits per heavy atom. The summed E-state index contributed by atoms with van der Waals surface area (Å²) in [6.07, 6.45) is 2.00. The second-order valence-corrected chi connectivity index (χ2v) is 6.01. The van der Waals surface area contributed by atoms with Crippen molar-refractivity contribution >= 4 is 11.9 Å². The number of amides is 1. The van der Waals surface area contributed by atoms with Crippen molar-refractivity contribution in [2.45, 2.75) is 32.2 Å². The number of aromatic nitrogens is 2. The molecule has 25 heavy (non-hydrogen) atoms. The highest BCUT2D eigenvalue weighted by Gasteiger charge is 2.30. The third-order valence-corrected chi connectivity index (χ3v) is 4.23. The number of rotatable bonds is 5. The van der Waals surface area contributed by atoms with Crippen LogP contribution in [0.15, 0.2) is 18.2 Å². The van der Waals surface area contributed by atoms with Crippen molar-refractivity contribution in [3.63, 3.8) is 0 Å². The molecular weight excluding hydrogens is 332 g/mol. The fraction of sp³-hybridized carbons (Fsp3) is 0.353. The average Bonchev–Trinajstić information content (AvgIpc) is 3.15. The van der Waals surface area contributed by atoms with Gasteiger partial charge in [0.1, 0.15) is 18.2 Å². The number of halogens is 2. The van der Waals surface area contributed by atoms with Gasteiger partial charge in [0.25, 0.3) is 5.91 Å². The Morgan fingerprint density at radius 3 is 2.80 bits per heavy atom. The summed E-state index contributed by atoms with van der Waals surface area (Å²) in [7, 11) is 0. The highest BCUT2D eigenvalue weighted by molar-refractivity contribution is 5.96. The van der Waals surface area contributed by atoms with E-state index in [0.29, 0.717) is 18.4 Å². The molecule has 0 saturated heterocycles. The van der Waals surface area contributed by atoms with Gasteiger partial charge in [0.2, 0.25) is 0 Å². The summed E-state index contributed by atoms with van der Waals surface area (Å²) in [4.78, 5) is 23.3. The number of aryl methyl sites for hydroxylation is 1. The predicted octanol–water partition coefficient (Wildman–Crippen LogP) is 1.96. The molecule has 1 heterocycles. The maximum Gasteiger partial charge on any atom is 0.328 e. The van der Waals surface area contributed by atoms with E-state index in [1.54, 1.807) is 19.1 Å². The number of aliphatic carboxylic acids is 1. The van der Waals surface area contributed by atoms with E-state index < -0.39 is 30.4 Å². The number of benzene rings is 1. The van der Waals surface area contributed by atoms with E-state index in [-0.39, 0.29) is 11.4 Å². The van der Waals surface area contributed by atoms with Gasteiger partial charge in [-0.2, -0.15) is 5.10 Å². The molecule has 0 fully saturated rings. The molecule has 132 valence electrons. The Bertz CT molecular complexity index is 848. The highest BCUT2D eigenvalue weighted by Crippen LogP contribution is 2.29. The van der Waals surface area contributed by atoms with Crippen molar-refractivity contribution < 1.29 is 23.5 Å². The zero-order chi connectivity index (χ0) is 18.1.